The number of aromatic amines is 1. The van der Waals surface area contributed by atoms with Gasteiger partial charge >= 0.3 is 5.69 Å². The van der Waals surface area contributed by atoms with Crippen molar-refractivity contribution in [3.8, 4) is 17.5 Å². The molecule has 1 aromatic carbocycles. The summed E-state index contributed by atoms with van der Waals surface area (Å²) in [4.78, 5) is 27.0. The van der Waals surface area contributed by atoms with Crippen LogP contribution < -0.4 is 16.0 Å². The number of nitrogens with one attached hydrogen (secondary N) is 1. The van der Waals surface area contributed by atoms with Gasteiger partial charge in [-0.2, -0.15) is 5.26 Å². The molecule has 1 N–H and O–H groups in total. The highest BCUT2D eigenvalue weighted by molar-refractivity contribution is 6.30. The molecule has 0 spiro atoms. The summed E-state index contributed by atoms with van der Waals surface area (Å²) in [5.41, 5.74) is -0.743. The summed E-state index contributed by atoms with van der Waals surface area (Å²) in [6, 6.07) is 6.63. The predicted molar refractivity (Wildman–Crippen MR) is 78.3 cm³/mol. The lowest BCUT2D eigenvalue weighted by Gasteiger charge is -2.13. The van der Waals surface area contributed by atoms with E-state index in [0.717, 1.165) is 4.57 Å². The number of H-pyrrole nitrogens is 1. The monoisotopic (exact) mass is 305 g/mol. The SMILES string of the molecule is CCc1c(Cl)[nH]c(=O)n(-c2c(C#N)cccc2OC)c1=O. The summed E-state index contributed by atoms with van der Waals surface area (Å²) in [6.45, 7) is 1.75. The van der Waals surface area contributed by atoms with Crippen molar-refractivity contribution in [2.75, 3.05) is 7.11 Å². The van der Waals surface area contributed by atoms with Crippen molar-refractivity contribution in [1.82, 2.24) is 9.55 Å². The van der Waals surface area contributed by atoms with Gasteiger partial charge in [-0.05, 0) is 18.6 Å². The Morgan fingerprint density at radius 1 is 1.43 bits per heavy atom. The van der Waals surface area contributed by atoms with E-state index in [1.807, 2.05) is 6.07 Å². The number of ether oxygens (including phenoxy) is 1. The summed E-state index contributed by atoms with van der Waals surface area (Å²) in [6.07, 6.45) is 0.353. The van der Waals surface area contributed by atoms with Crippen molar-refractivity contribution in [1.29, 1.82) is 5.26 Å². The number of halogens is 1. The Labute approximate surface area is 125 Å². The second-order valence-corrected chi connectivity index (χ2v) is 4.56. The van der Waals surface area contributed by atoms with Crippen LogP contribution in [0, 0.1) is 11.3 Å². The Bertz CT molecular complexity index is 846. The van der Waals surface area contributed by atoms with E-state index in [9.17, 15) is 14.9 Å². The average molecular weight is 306 g/mol. The van der Waals surface area contributed by atoms with Gasteiger partial charge in [0.1, 0.15) is 22.7 Å². The molecule has 0 radical (unpaired) electrons. The van der Waals surface area contributed by atoms with Crippen molar-refractivity contribution < 1.29 is 4.74 Å². The minimum atomic E-state index is -0.719. The van der Waals surface area contributed by atoms with E-state index in [2.05, 4.69) is 4.98 Å². The van der Waals surface area contributed by atoms with E-state index in [0.29, 0.717) is 6.42 Å². The van der Waals surface area contributed by atoms with Gasteiger partial charge in [0.05, 0.1) is 18.2 Å². The van der Waals surface area contributed by atoms with E-state index >= 15 is 0 Å². The van der Waals surface area contributed by atoms with E-state index < -0.39 is 11.2 Å². The van der Waals surface area contributed by atoms with Crippen LogP contribution in [0.5, 0.6) is 5.75 Å². The van der Waals surface area contributed by atoms with Gasteiger partial charge in [0, 0.05) is 0 Å². The first-order valence-corrected chi connectivity index (χ1v) is 6.54. The van der Waals surface area contributed by atoms with Crippen molar-refractivity contribution in [3.63, 3.8) is 0 Å². The normalized spacial score (nSPS) is 10.2. The smallest absolute Gasteiger partial charge is 0.334 e. The van der Waals surface area contributed by atoms with Crippen LogP contribution >= 0.6 is 11.6 Å². The summed E-state index contributed by atoms with van der Waals surface area (Å²) >= 11 is 5.88. The molecule has 1 heterocycles. The Hall–Kier alpha value is -2.52. The lowest BCUT2D eigenvalue weighted by molar-refractivity contribution is 0.412. The molecule has 0 saturated carbocycles. The molecule has 6 nitrogen and oxygen atoms in total. The van der Waals surface area contributed by atoms with E-state index in [-0.39, 0.29) is 27.7 Å². The maximum absolute atomic E-state index is 12.5. The standard InChI is InChI=1S/C14H12ClN3O3/c1-3-9-12(15)17-14(20)18(13(9)19)11-8(7-16)5-4-6-10(11)21-2/h4-6H,3H2,1-2H3,(H,17,20). The van der Waals surface area contributed by atoms with Crippen LogP contribution in [0.2, 0.25) is 5.15 Å². The molecule has 2 rings (SSSR count). The summed E-state index contributed by atoms with van der Waals surface area (Å²) < 4.78 is 6.04. The molecule has 0 bridgehead atoms. The molecule has 1 aromatic heterocycles. The molecule has 0 fully saturated rings. The fraction of sp³-hybridized carbons (Fsp3) is 0.214. The number of nitrogens with zero attached hydrogens (tertiary/aromatic N) is 2. The second-order valence-electron chi connectivity index (χ2n) is 4.19. The third-order valence-electron chi connectivity index (χ3n) is 3.06. The van der Waals surface area contributed by atoms with E-state index in [4.69, 9.17) is 16.3 Å². The number of hydrogen-bond acceptors (Lipinski definition) is 4. The fourth-order valence-electron chi connectivity index (χ4n) is 2.06. The maximum atomic E-state index is 12.5. The van der Waals surface area contributed by atoms with Crippen molar-refractivity contribution in [3.05, 3.63) is 55.3 Å². The molecule has 0 aliphatic rings. The highest BCUT2D eigenvalue weighted by Gasteiger charge is 2.18. The lowest BCUT2D eigenvalue weighted by atomic mass is 10.1. The fourth-order valence-corrected chi connectivity index (χ4v) is 2.36. The Morgan fingerprint density at radius 2 is 2.14 bits per heavy atom. The molecule has 0 unspecified atom stereocenters. The Balaban J connectivity index is 2.96. The highest BCUT2D eigenvalue weighted by Crippen LogP contribution is 2.24. The third kappa shape index (κ3) is 2.43. The van der Waals surface area contributed by atoms with Gasteiger partial charge in [-0.25, -0.2) is 9.36 Å². The minimum absolute atomic E-state index is 0.0113. The van der Waals surface area contributed by atoms with Crippen LogP contribution in [0.1, 0.15) is 18.1 Å². The molecule has 2 aromatic rings. The zero-order valence-corrected chi connectivity index (χ0v) is 12.2. The van der Waals surface area contributed by atoms with Gasteiger partial charge in [0.15, 0.2) is 0 Å². The summed E-state index contributed by atoms with van der Waals surface area (Å²) in [5, 5.41) is 9.21. The van der Waals surface area contributed by atoms with Crippen molar-refractivity contribution >= 4 is 11.6 Å². The van der Waals surface area contributed by atoms with Crippen LogP contribution in [-0.2, 0) is 6.42 Å². The van der Waals surface area contributed by atoms with Crippen LogP contribution in [0.25, 0.3) is 5.69 Å². The van der Waals surface area contributed by atoms with Crippen molar-refractivity contribution in [2.24, 2.45) is 0 Å². The first-order chi connectivity index (χ1) is 10.0. The van der Waals surface area contributed by atoms with E-state index in [1.165, 1.54) is 13.2 Å². The third-order valence-corrected chi connectivity index (χ3v) is 3.39. The van der Waals surface area contributed by atoms with Gasteiger partial charge in [-0.1, -0.05) is 24.6 Å². The molecule has 7 heteroatoms. The topological polar surface area (TPSA) is 87.9 Å². The molecular weight excluding hydrogens is 294 g/mol. The molecule has 0 amide bonds. The highest BCUT2D eigenvalue weighted by atomic mass is 35.5. The molecule has 21 heavy (non-hydrogen) atoms. The molecule has 108 valence electrons. The van der Waals surface area contributed by atoms with Crippen LogP contribution in [0.4, 0.5) is 0 Å². The first kappa shape index (κ1) is 14.9. The van der Waals surface area contributed by atoms with Gasteiger partial charge < -0.3 is 4.74 Å². The zero-order valence-electron chi connectivity index (χ0n) is 11.4. The predicted octanol–water partition coefficient (Wildman–Crippen LogP) is 1.62. The molecule has 0 saturated heterocycles. The van der Waals surface area contributed by atoms with Crippen LogP contribution in [0.3, 0.4) is 0 Å². The number of hydrogen-bond donors (Lipinski definition) is 1. The van der Waals surface area contributed by atoms with Gasteiger partial charge in [0.2, 0.25) is 0 Å². The largest absolute Gasteiger partial charge is 0.495 e. The summed E-state index contributed by atoms with van der Waals surface area (Å²) in [5.74, 6) is 0.256. The maximum Gasteiger partial charge on any atom is 0.334 e. The number of aromatic nitrogens is 2. The van der Waals surface area contributed by atoms with Crippen LogP contribution in [0.15, 0.2) is 27.8 Å². The number of para-hydroxylation sites is 1. The quantitative estimate of drug-likeness (QED) is 0.873. The van der Waals surface area contributed by atoms with Crippen LogP contribution in [-0.4, -0.2) is 16.7 Å². The molecule has 0 aliphatic carbocycles. The Morgan fingerprint density at radius 3 is 2.71 bits per heavy atom. The number of methoxy groups -OCH3 is 1. The number of rotatable bonds is 3. The average Bonchev–Trinajstić information content (AvgIpc) is 2.47. The minimum Gasteiger partial charge on any atom is -0.495 e. The van der Waals surface area contributed by atoms with Gasteiger partial charge in [0.25, 0.3) is 5.56 Å². The number of benzene rings is 1. The lowest BCUT2D eigenvalue weighted by Crippen LogP contribution is -2.36. The Kier molecular flexibility index (Phi) is 4.15. The molecule has 0 atom stereocenters. The zero-order chi connectivity index (χ0) is 15.6. The van der Waals surface area contributed by atoms with E-state index in [1.54, 1.807) is 19.1 Å². The van der Waals surface area contributed by atoms with Crippen molar-refractivity contribution in [2.45, 2.75) is 13.3 Å². The number of nitriles is 1. The first-order valence-electron chi connectivity index (χ1n) is 6.16. The second kappa shape index (κ2) is 5.85. The van der Waals surface area contributed by atoms with Gasteiger partial charge in [-0.15, -0.1) is 0 Å². The van der Waals surface area contributed by atoms with Gasteiger partial charge in [-0.3, -0.25) is 9.78 Å². The molecule has 0 aliphatic heterocycles. The molecular formula is C14H12ClN3O3. The summed E-state index contributed by atoms with van der Waals surface area (Å²) in [7, 11) is 1.40.